The van der Waals surface area contributed by atoms with E-state index in [-0.39, 0.29) is 5.56 Å². The van der Waals surface area contributed by atoms with Crippen LogP contribution in [0.15, 0.2) is 164 Å². The maximum Gasteiger partial charge on any atom is 0.417 e. The van der Waals surface area contributed by atoms with Crippen LogP contribution in [0.25, 0.3) is 83.9 Å². The van der Waals surface area contributed by atoms with E-state index in [9.17, 15) is 13.2 Å². The molecule has 0 aliphatic heterocycles. The summed E-state index contributed by atoms with van der Waals surface area (Å²) in [4.78, 5) is 14.8. The number of fused-ring (bicyclic) bond motifs is 3. The molecule has 55 heavy (non-hydrogen) atoms. The van der Waals surface area contributed by atoms with Crippen LogP contribution in [0.3, 0.4) is 0 Å². The summed E-state index contributed by atoms with van der Waals surface area (Å²) in [6.07, 6.45) is -4.58. The molecule has 9 aromatic rings. The molecule has 0 unspecified atom stereocenters. The molecule has 0 saturated carbocycles. The molecule has 0 bridgehead atoms. The van der Waals surface area contributed by atoms with Crippen LogP contribution in [0.1, 0.15) is 16.7 Å². The molecule has 0 fully saturated rings. The van der Waals surface area contributed by atoms with Gasteiger partial charge in [0.05, 0.1) is 22.3 Å². The third kappa shape index (κ3) is 6.33. The van der Waals surface area contributed by atoms with Gasteiger partial charge < -0.3 is 4.57 Å². The van der Waals surface area contributed by atoms with Crippen molar-refractivity contribution in [3.8, 4) is 62.1 Å². The monoisotopic (exact) mass is 722 g/mol. The van der Waals surface area contributed by atoms with Gasteiger partial charge in [-0.3, -0.25) is 0 Å². The largest absolute Gasteiger partial charge is 0.417 e. The highest BCUT2D eigenvalue weighted by Crippen LogP contribution is 2.43. The Labute approximate surface area is 316 Å². The third-order valence-electron chi connectivity index (χ3n) is 9.95. The quantitative estimate of drug-likeness (QED) is 0.172. The van der Waals surface area contributed by atoms with Crippen LogP contribution in [0.4, 0.5) is 13.2 Å². The van der Waals surface area contributed by atoms with Gasteiger partial charge >= 0.3 is 6.18 Å². The fourth-order valence-electron chi connectivity index (χ4n) is 7.54. The van der Waals surface area contributed by atoms with Crippen molar-refractivity contribution >= 4 is 21.8 Å². The summed E-state index contributed by atoms with van der Waals surface area (Å²) in [6, 6.07) is 51.5. The highest BCUT2D eigenvalue weighted by atomic mass is 19.4. The van der Waals surface area contributed by atoms with Crippen molar-refractivity contribution in [1.82, 2.24) is 19.5 Å². The highest BCUT2D eigenvalue weighted by molar-refractivity contribution is 6.11. The minimum absolute atomic E-state index is 0.0820. The van der Waals surface area contributed by atoms with E-state index in [1.54, 1.807) is 24.3 Å². The van der Waals surface area contributed by atoms with Crippen molar-refractivity contribution in [2.75, 3.05) is 0 Å². The van der Waals surface area contributed by atoms with E-state index in [1.807, 2.05) is 84.9 Å². The van der Waals surface area contributed by atoms with Crippen LogP contribution < -0.4 is 0 Å². The molecule has 0 aliphatic carbocycles. The number of para-hydroxylation sites is 1. The molecule has 4 nitrogen and oxygen atoms in total. The van der Waals surface area contributed by atoms with Crippen molar-refractivity contribution in [1.29, 1.82) is 0 Å². The van der Waals surface area contributed by atoms with E-state index >= 15 is 0 Å². The molecular formula is C48H33F3N4. The van der Waals surface area contributed by atoms with Gasteiger partial charge in [0.25, 0.3) is 0 Å². The Morgan fingerprint density at radius 3 is 1.62 bits per heavy atom. The number of nitrogens with zero attached hydrogens (tertiary/aromatic N) is 4. The van der Waals surface area contributed by atoms with Gasteiger partial charge in [-0.2, -0.15) is 13.2 Å². The summed E-state index contributed by atoms with van der Waals surface area (Å²) in [5, 5.41) is 1.98. The van der Waals surface area contributed by atoms with Gasteiger partial charge in [-0.25, -0.2) is 15.0 Å². The fraction of sp³-hybridized carbons (Fsp3) is 0.0625. The van der Waals surface area contributed by atoms with Crippen LogP contribution in [-0.2, 0) is 6.18 Å². The smallest absolute Gasteiger partial charge is 0.309 e. The number of rotatable bonds is 6. The summed E-state index contributed by atoms with van der Waals surface area (Å²) >= 11 is 0. The number of halogens is 3. The number of hydrogen-bond donors (Lipinski definition) is 0. The normalized spacial score (nSPS) is 11.7. The van der Waals surface area contributed by atoms with Gasteiger partial charge in [0.1, 0.15) is 0 Å². The number of aromatic nitrogens is 4. The van der Waals surface area contributed by atoms with Crippen molar-refractivity contribution in [2.45, 2.75) is 20.0 Å². The standard InChI is InChI=1S/C48H33F3N4/c1-30-25-31(2)27-36(26-30)34-21-23-40-38-18-10-12-20-42(38)55(43(40)28-34)44-29-35(22-24-39(44)37-17-9-11-19-41(37)48(49,50)51)47-53-45(32-13-5-3-6-14-32)52-46(54-47)33-15-7-4-8-16-33/h3-29H,1-2H3. The van der Waals surface area contributed by atoms with Crippen LogP contribution in [0.5, 0.6) is 0 Å². The summed E-state index contributed by atoms with van der Waals surface area (Å²) in [5.41, 5.74) is 8.75. The van der Waals surface area contributed by atoms with E-state index in [1.165, 1.54) is 6.07 Å². The number of hydrogen-bond acceptors (Lipinski definition) is 3. The molecule has 0 radical (unpaired) electrons. The van der Waals surface area contributed by atoms with Crippen LogP contribution in [-0.4, -0.2) is 19.5 Å². The lowest BCUT2D eigenvalue weighted by atomic mass is 9.95. The van der Waals surface area contributed by atoms with E-state index in [2.05, 4.69) is 60.9 Å². The van der Waals surface area contributed by atoms with Gasteiger partial charge in [0.2, 0.25) is 0 Å². The molecule has 0 saturated heterocycles. The van der Waals surface area contributed by atoms with Gasteiger partial charge in [-0.15, -0.1) is 0 Å². The first-order valence-corrected chi connectivity index (χ1v) is 18.0. The van der Waals surface area contributed by atoms with Crippen molar-refractivity contribution in [3.05, 3.63) is 180 Å². The molecule has 9 rings (SSSR count). The first-order valence-electron chi connectivity index (χ1n) is 18.0. The first-order chi connectivity index (χ1) is 26.7. The third-order valence-corrected chi connectivity index (χ3v) is 9.95. The van der Waals surface area contributed by atoms with Crippen molar-refractivity contribution in [3.63, 3.8) is 0 Å². The fourth-order valence-corrected chi connectivity index (χ4v) is 7.54. The molecule has 7 aromatic carbocycles. The van der Waals surface area contributed by atoms with E-state index < -0.39 is 11.7 Å². The molecule has 0 aliphatic rings. The lowest BCUT2D eigenvalue weighted by Gasteiger charge is -2.19. The lowest BCUT2D eigenvalue weighted by Crippen LogP contribution is -2.08. The predicted octanol–water partition coefficient (Wildman–Crippen LogP) is 12.9. The predicted molar refractivity (Wildman–Crippen MR) is 216 cm³/mol. The molecule has 266 valence electrons. The van der Waals surface area contributed by atoms with Crippen molar-refractivity contribution < 1.29 is 13.2 Å². The summed E-state index contributed by atoms with van der Waals surface area (Å²) < 4.78 is 46.3. The van der Waals surface area contributed by atoms with Gasteiger partial charge in [-0.05, 0) is 54.8 Å². The Morgan fingerprint density at radius 2 is 0.964 bits per heavy atom. The number of benzene rings is 7. The molecule has 2 aromatic heterocycles. The second-order valence-corrected chi connectivity index (χ2v) is 13.8. The zero-order valence-electron chi connectivity index (χ0n) is 30.0. The molecular weight excluding hydrogens is 690 g/mol. The van der Waals surface area contributed by atoms with E-state index in [0.717, 1.165) is 61.3 Å². The summed E-state index contributed by atoms with van der Waals surface area (Å²) in [5.74, 6) is 1.39. The van der Waals surface area contributed by atoms with Crippen molar-refractivity contribution in [2.24, 2.45) is 0 Å². The number of alkyl halides is 3. The summed E-state index contributed by atoms with van der Waals surface area (Å²) in [7, 11) is 0. The zero-order valence-corrected chi connectivity index (χ0v) is 30.0. The first kappa shape index (κ1) is 33.9. The average Bonchev–Trinajstić information content (AvgIpc) is 3.54. The molecule has 0 N–H and O–H groups in total. The zero-order chi connectivity index (χ0) is 37.7. The van der Waals surface area contributed by atoms with Gasteiger partial charge in [0.15, 0.2) is 17.5 Å². The van der Waals surface area contributed by atoms with Gasteiger partial charge in [0, 0.05) is 33.0 Å². The Bertz CT molecular complexity index is 2800. The molecule has 0 atom stereocenters. The Morgan fingerprint density at radius 1 is 0.418 bits per heavy atom. The van der Waals surface area contributed by atoms with E-state index in [4.69, 9.17) is 15.0 Å². The molecule has 2 heterocycles. The van der Waals surface area contributed by atoms with Crippen LogP contribution in [0, 0.1) is 13.8 Å². The second kappa shape index (κ2) is 13.5. The maximum atomic E-state index is 14.7. The molecule has 0 amide bonds. The second-order valence-electron chi connectivity index (χ2n) is 13.8. The van der Waals surface area contributed by atoms with Crippen LogP contribution >= 0.6 is 0 Å². The minimum atomic E-state index is -4.58. The Hall–Kier alpha value is -6.86. The maximum absolute atomic E-state index is 14.7. The minimum Gasteiger partial charge on any atom is -0.309 e. The summed E-state index contributed by atoms with van der Waals surface area (Å²) in [6.45, 7) is 4.16. The highest BCUT2D eigenvalue weighted by Gasteiger charge is 2.34. The topological polar surface area (TPSA) is 43.6 Å². The molecule has 0 spiro atoms. The molecule has 7 heteroatoms. The number of aryl methyl sites for hydroxylation is 2. The SMILES string of the molecule is Cc1cc(C)cc(-c2ccc3c4ccccc4n(-c4cc(-c5nc(-c6ccccc6)nc(-c6ccccc6)n5)ccc4-c4ccccc4C(F)(F)F)c3c2)c1. The lowest BCUT2D eigenvalue weighted by molar-refractivity contribution is -0.137. The Kier molecular flexibility index (Phi) is 8.35. The van der Waals surface area contributed by atoms with E-state index in [0.29, 0.717) is 34.3 Å². The van der Waals surface area contributed by atoms with Gasteiger partial charge in [-0.1, -0.05) is 151 Å². The van der Waals surface area contributed by atoms with Crippen LogP contribution in [0.2, 0.25) is 0 Å². The Balaban J connectivity index is 1.36. The average molecular weight is 723 g/mol.